The molecular formula is C24H33NO2S. The molecule has 2 aromatic rings. The van der Waals surface area contributed by atoms with Crippen molar-refractivity contribution >= 4 is 11.0 Å². The molecule has 0 aliphatic carbocycles. The van der Waals surface area contributed by atoms with Crippen molar-refractivity contribution in [3.63, 3.8) is 0 Å². The van der Waals surface area contributed by atoms with E-state index in [1.807, 2.05) is 55.5 Å². The largest absolute Gasteiger partial charge is 0.497 e. The summed E-state index contributed by atoms with van der Waals surface area (Å²) in [7, 11) is 0.384. The van der Waals surface area contributed by atoms with Gasteiger partial charge in [0.15, 0.2) is 0 Å². The van der Waals surface area contributed by atoms with E-state index in [1.54, 1.807) is 7.11 Å². The number of hydrogen-bond acceptors (Lipinski definition) is 2. The van der Waals surface area contributed by atoms with Gasteiger partial charge in [0, 0.05) is 0 Å². The molecule has 0 aliphatic heterocycles. The third-order valence-corrected chi connectivity index (χ3v) is 5.99. The number of ether oxygens (including phenoxy) is 1. The molecule has 152 valence electrons. The maximum absolute atomic E-state index is 12.9. The number of nitrogens with one attached hydrogen (secondary N) is 1. The smallest absolute Gasteiger partial charge is 0.125 e. The van der Waals surface area contributed by atoms with Crippen molar-refractivity contribution in [1.29, 1.82) is 0 Å². The first-order valence-corrected chi connectivity index (χ1v) is 11.2. The molecule has 3 nitrogen and oxygen atoms in total. The average molecular weight is 400 g/mol. The maximum Gasteiger partial charge on any atom is 0.125 e. The molecule has 0 saturated carbocycles. The van der Waals surface area contributed by atoms with Crippen LogP contribution in [0.3, 0.4) is 0 Å². The summed E-state index contributed by atoms with van der Waals surface area (Å²) in [6, 6.07) is 15.7. The van der Waals surface area contributed by atoms with Gasteiger partial charge in [-0.3, -0.25) is 0 Å². The molecule has 0 bridgehead atoms. The molecule has 28 heavy (non-hydrogen) atoms. The van der Waals surface area contributed by atoms with Crippen LogP contribution in [0.4, 0.5) is 0 Å². The number of aryl methyl sites for hydroxylation is 1. The molecule has 0 saturated heterocycles. The molecule has 0 radical (unpaired) electrons. The minimum absolute atomic E-state index is 0.112. The van der Waals surface area contributed by atoms with Gasteiger partial charge >= 0.3 is 0 Å². The monoisotopic (exact) mass is 399 g/mol. The standard InChI is InChI=1S/C24H33NO2S/c1-5-6-7-8-9-20(3)18-24(21-12-14-22(27-4)15-13-21)25-28(26)23-16-10-19(2)11-17-23/h10-18,24-25H,5-9H2,1-4H3/b20-18+. The summed E-state index contributed by atoms with van der Waals surface area (Å²) in [6.45, 7) is 6.43. The average Bonchev–Trinajstić information content (AvgIpc) is 2.71. The summed E-state index contributed by atoms with van der Waals surface area (Å²) < 4.78 is 21.5. The van der Waals surface area contributed by atoms with Gasteiger partial charge in [-0.1, -0.05) is 67.7 Å². The maximum atomic E-state index is 12.9. The zero-order chi connectivity index (χ0) is 20.4. The Labute approximate surface area is 172 Å². The number of methoxy groups -OCH3 is 1. The summed E-state index contributed by atoms with van der Waals surface area (Å²) >= 11 is 0. The van der Waals surface area contributed by atoms with E-state index >= 15 is 0 Å². The van der Waals surface area contributed by atoms with Crippen LogP contribution < -0.4 is 9.46 Å². The summed E-state index contributed by atoms with van der Waals surface area (Å²) in [4.78, 5) is 0.790. The molecule has 0 heterocycles. The van der Waals surface area contributed by atoms with Crippen LogP contribution in [0.2, 0.25) is 0 Å². The second-order valence-electron chi connectivity index (χ2n) is 7.27. The molecule has 0 amide bonds. The fourth-order valence-electron chi connectivity index (χ4n) is 3.05. The van der Waals surface area contributed by atoms with E-state index in [1.165, 1.54) is 31.3 Å². The van der Waals surface area contributed by atoms with Crippen LogP contribution >= 0.6 is 0 Å². The minimum Gasteiger partial charge on any atom is -0.497 e. The highest BCUT2D eigenvalue weighted by atomic mass is 32.2. The highest BCUT2D eigenvalue weighted by Gasteiger charge is 2.14. The first-order valence-electron chi connectivity index (χ1n) is 10.1. The van der Waals surface area contributed by atoms with Crippen molar-refractivity contribution in [3.05, 3.63) is 71.3 Å². The second kappa shape index (κ2) is 11.8. The Kier molecular flexibility index (Phi) is 9.45. The van der Waals surface area contributed by atoms with Crippen LogP contribution in [0, 0.1) is 6.92 Å². The molecule has 2 aromatic carbocycles. The molecule has 0 spiro atoms. The van der Waals surface area contributed by atoms with Crippen LogP contribution in [0.1, 0.15) is 63.1 Å². The van der Waals surface area contributed by atoms with Gasteiger partial charge in [-0.15, -0.1) is 0 Å². The van der Waals surface area contributed by atoms with Gasteiger partial charge in [-0.05, 0) is 56.5 Å². The van der Waals surface area contributed by atoms with Crippen molar-refractivity contribution in [3.8, 4) is 5.75 Å². The van der Waals surface area contributed by atoms with E-state index in [0.29, 0.717) is 0 Å². The first-order chi connectivity index (χ1) is 13.5. The minimum atomic E-state index is -1.28. The van der Waals surface area contributed by atoms with Gasteiger partial charge in [0.05, 0.1) is 18.0 Å². The first kappa shape index (κ1) is 22.4. The van der Waals surface area contributed by atoms with Crippen molar-refractivity contribution < 1.29 is 8.95 Å². The number of allylic oxidation sites excluding steroid dienone is 1. The van der Waals surface area contributed by atoms with Gasteiger partial charge in [-0.25, -0.2) is 8.93 Å². The zero-order valence-corrected chi connectivity index (χ0v) is 18.4. The fourth-order valence-corrected chi connectivity index (χ4v) is 4.01. The molecular weight excluding hydrogens is 366 g/mol. The summed E-state index contributed by atoms with van der Waals surface area (Å²) in [5, 5.41) is 0. The zero-order valence-electron chi connectivity index (χ0n) is 17.5. The molecule has 4 heteroatoms. The van der Waals surface area contributed by atoms with Gasteiger partial charge < -0.3 is 4.74 Å². The van der Waals surface area contributed by atoms with Crippen LogP contribution in [0.25, 0.3) is 0 Å². The Balaban J connectivity index is 2.17. The number of hydrogen-bond donors (Lipinski definition) is 1. The lowest BCUT2D eigenvalue weighted by Crippen LogP contribution is -2.22. The Morgan fingerprint density at radius 3 is 2.36 bits per heavy atom. The third-order valence-electron chi connectivity index (χ3n) is 4.82. The summed E-state index contributed by atoms with van der Waals surface area (Å²) in [5.74, 6) is 0.822. The number of rotatable bonds is 11. The lowest BCUT2D eigenvalue weighted by Gasteiger charge is -2.17. The topological polar surface area (TPSA) is 38.3 Å². The van der Waals surface area contributed by atoms with Crippen molar-refractivity contribution in [2.75, 3.05) is 7.11 Å². The van der Waals surface area contributed by atoms with Crippen LogP contribution in [-0.2, 0) is 11.0 Å². The highest BCUT2D eigenvalue weighted by molar-refractivity contribution is 7.83. The lowest BCUT2D eigenvalue weighted by atomic mass is 10.0. The van der Waals surface area contributed by atoms with Crippen LogP contribution in [0.15, 0.2) is 65.1 Å². The second-order valence-corrected chi connectivity index (χ2v) is 8.52. The van der Waals surface area contributed by atoms with E-state index in [4.69, 9.17) is 4.74 Å². The number of benzene rings is 2. The quantitative estimate of drug-likeness (QED) is 0.357. The summed E-state index contributed by atoms with van der Waals surface area (Å²) in [5.41, 5.74) is 3.56. The van der Waals surface area contributed by atoms with Crippen molar-refractivity contribution in [2.24, 2.45) is 0 Å². The van der Waals surface area contributed by atoms with Gasteiger partial charge in [0.25, 0.3) is 0 Å². The Morgan fingerprint density at radius 2 is 1.75 bits per heavy atom. The molecule has 0 fully saturated rings. The Morgan fingerprint density at radius 1 is 1.07 bits per heavy atom. The SMILES string of the molecule is CCCCCC/C(C)=C/C(NS(=O)c1ccc(C)cc1)c1ccc(OC)cc1. The van der Waals surface area contributed by atoms with Crippen LogP contribution in [-0.4, -0.2) is 11.3 Å². The van der Waals surface area contributed by atoms with Gasteiger partial charge in [0.2, 0.25) is 0 Å². The molecule has 2 atom stereocenters. The van der Waals surface area contributed by atoms with Crippen LogP contribution in [0.5, 0.6) is 5.75 Å². The molecule has 2 unspecified atom stereocenters. The van der Waals surface area contributed by atoms with E-state index in [-0.39, 0.29) is 6.04 Å². The molecule has 0 aliphatic rings. The molecule has 0 aromatic heterocycles. The normalized spacial score (nSPS) is 13.9. The Hall–Kier alpha value is -1.91. The number of unbranched alkanes of at least 4 members (excludes halogenated alkanes) is 3. The third kappa shape index (κ3) is 7.25. The predicted octanol–water partition coefficient (Wildman–Crippen LogP) is 6.27. The highest BCUT2D eigenvalue weighted by Crippen LogP contribution is 2.23. The fraction of sp³-hybridized carbons (Fsp3) is 0.417. The van der Waals surface area contributed by atoms with E-state index < -0.39 is 11.0 Å². The van der Waals surface area contributed by atoms with Gasteiger partial charge in [0.1, 0.15) is 16.7 Å². The molecule has 1 N–H and O–H groups in total. The van der Waals surface area contributed by atoms with Gasteiger partial charge in [-0.2, -0.15) is 0 Å². The summed E-state index contributed by atoms with van der Waals surface area (Å²) in [6.07, 6.45) is 8.27. The predicted molar refractivity (Wildman–Crippen MR) is 119 cm³/mol. The Bertz CT molecular complexity index is 766. The van der Waals surface area contributed by atoms with E-state index in [0.717, 1.165) is 28.2 Å². The molecule has 2 rings (SSSR count). The van der Waals surface area contributed by atoms with E-state index in [2.05, 4.69) is 24.6 Å². The van der Waals surface area contributed by atoms with Crippen molar-refractivity contribution in [2.45, 2.75) is 63.8 Å². The van der Waals surface area contributed by atoms with Crippen molar-refractivity contribution in [1.82, 2.24) is 4.72 Å². The van der Waals surface area contributed by atoms with E-state index in [9.17, 15) is 4.21 Å². The lowest BCUT2D eigenvalue weighted by molar-refractivity contribution is 0.414.